The van der Waals surface area contributed by atoms with E-state index < -0.39 is 0 Å². The monoisotopic (exact) mass is 182 g/mol. The van der Waals surface area contributed by atoms with Crippen molar-refractivity contribution >= 4 is 0 Å². The lowest BCUT2D eigenvalue weighted by atomic mass is 9.77. The Balaban J connectivity index is 1.93. The highest BCUT2D eigenvalue weighted by Gasteiger charge is 2.44. The van der Waals surface area contributed by atoms with Crippen molar-refractivity contribution in [3.8, 4) is 0 Å². The third-order valence-corrected chi connectivity index (χ3v) is 3.68. The van der Waals surface area contributed by atoms with Gasteiger partial charge in [0.1, 0.15) is 0 Å². The summed E-state index contributed by atoms with van der Waals surface area (Å²) in [6, 6.07) is 0. The highest BCUT2D eigenvalue weighted by molar-refractivity contribution is 5.00. The quantitative estimate of drug-likeness (QED) is 0.660. The second-order valence-corrected chi connectivity index (χ2v) is 5.77. The second-order valence-electron chi connectivity index (χ2n) is 5.77. The topological polar surface area (TPSA) is 15.3 Å². The van der Waals surface area contributed by atoms with Gasteiger partial charge in [0.2, 0.25) is 0 Å². The van der Waals surface area contributed by atoms with Crippen LogP contribution in [0.1, 0.15) is 33.6 Å². The molecule has 2 nitrogen and oxygen atoms in total. The SMILES string of the molecule is CC1(C)CN(C2(C)CCNCC2)C1. The summed E-state index contributed by atoms with van der Waals surface area (Å²) >= 11 is 0. The maximum Gasteiger partial charge on any atom is 0.0206 e. The van der Waals surface area contributed by atoms with Gasteiger partial charge >= 0.3 is 0 Å². The van der Waals surface area contributed by atoms with E-state index in [0.29, 0.717) is 11.0 Å². The van der Waals surface area contributed by atoms with Crippen LogP contribution in [0.4, 0.5) is 0 Å². The number of hydrogen-bond acceptors (Lipinski definition) is 2. The van der Waals surface area contributed by atoms with Crippen LogP contribution in [0, 0.1) is 5.41 Å². The number of piperidine rings is 1. The smallest absolute Gasteiger partial charge is 0.0206 e. The van der Waals surface area contributed by atoms with Crippen molar-refractivity contribution in [3.63, 3.8) is 0 Å². The molecule has 0 aliphatic carbocycles. The van der Waals surface area contributed by atoms with E-state index >= 15 is 0 Å². The summed E-state index contributed by atoms with van der Waals surface area (Å²) in [6.45, 7) is 12.2. The van der Waals surface area contributed by atoms with E-state index in [1.165, 1.54) is 39.0 Å². The van der Waals surface area contributed by atoms with E-state index in [9.17, 15) is 0 Å². The van der Waals surface area contributed by atoms with Gasteiger partial charge in [-0.3, -0.25) is 4.90 Å². The minimum Gasteiger partial charge on any atom is -0.317 e. The fourth-order valence-electron chi connectivity index (χ4n) is 2.65. The standard InChI is InChI=1S/C11H22N2/c1-10(2)8-13(9-10)11(3)4-6-12-7-5-11/h12H,4-9H2,1-3H3. The number of rotatable bonds is 1. The minimum atomic E-state index is 0.501. The zero-order valence-corrected chi connectivity index (χ0v) is 9.19. The fourth-order valence-corrected chi connectivity index (χ4v) is 2.65. The Morgan fingerprint density at radius 3 is 2.00 bits per heavy atom. The van der Waals surface area contributed by atoms with Gasteiger partial charge in [-0.2, -0.15) is 0 Å². The maximum atomic E-state index is 3.44. The van der Waals surface area contributed by atoms with Crippen LogP contribution in [0.5, 0.6) is 0 Å². The number of nitrogens with zero attached hydrogens (tertiary/aromatic N) is 1. The molecule has 2 saturated heterocycles. The first-order valence-corrected chi connectivity index (χ1v) is 5.48. The molecule has 2 aliphatic rings. The molecular formula is C11H22N2. The summed E-state index contributed by atoms with van der Waals surface area (Å²) in [4.78, 5) is 2.67. The van der Waals surface area contributed by atoms with Crippen LogP contribution in [-0.2, 0) is 0 Å². The third-order valence-electron chi connectivity index (χ3n) is 3.68. The van der Waals surface area contributed by atoms with Crippen molar-refractivity contribution in [1.29, 1.82) is 0 Å². The van der Waals surface area contributed by atoms with Crippen molar-refractivity contribution in [2.75, 3.05) is 26.2 Å². The maximum absolute atomic E-state index is 3.44. The molecule has 1 N–H and O–H groups in total. The molecule has 2 fully saturated rings. The van der Waals surface area contributed by atoms with E-state index in [0.717, 1.165) is 0 Å². The summed E-state index contributed by atoms with van der Waals surface area (Å²) < 4.78 is 0. The van der Waals surface area contributed by atoms with Crippen LogP contribution >= 0.6 is 0 Å². The molecule has 0 spiro atoms. The first-order chi connectivity index (χ1) is 6.02. The minimum absolute atomic E-state index is 0.501. The Bertz CT molecular complexity index is 184. The van der Waals surface area contributed by atoms with E-state index in [2.05, 4.69) is 31.0 Å². The predicted molar refractivity (Wildman–Crippen MR) is 55.9 cm³/mol. The van der Waals surface area contributed by atoms with E-state index in [1.807, 2.05) is 0 Å². The molecule has 2 aliphatic heterocycles. The Hall–Kier alpha value is -0.0800. The Labute approximate surface area is 81.7 Å². The first kappa shape index (κ1) is 9.47. The molecule has 2 heteroatoms. The largest absolute Gasteiger partial charge is 0.317 e. The van der Waals surface area contributed by atoms with Crippen molar-refractivity contribution in [2.24, 2.45) is 5.41 Å². The molecule has 0 bridgehead atoms. The molecule has 0 aromatic carbocycles. The molecule has 76 valence electrons. The van der Waals surface area contributed by atoms with Crippen LogP contribution in [-0.4, -0.2) is 36.6 Å². The average molecular weight is 182 g/mol. The molecule has 2 heterocycles. The van der Waals surface area contributed by atoms with Gasteiger partial charge in [-0.25, -0.2) is 0 Å². The number of likely N-dealkylation sites (tertiary alicyclic amines) is 1. The first-order valence-electron chi connectivity index (χ1n) is 5.48. The van der Waals surface area contributed by atoms with Crippen molar-refractivity contribution < 1.29 is 0 Å². The summed E-state index contributed by atoms with van der Waals surface area (Å²) in [6.07, 6.45) is 2.64. The van der Waals surface area contributed by atoms with E-state index in [1.54, 1.807) is 0 Å². The van der Waals surface area contributed by atoms with Crippen LogP contribution in [0.25, 0.3) is 0 Å². The Kier molecular flexibility index (Phi) is 2.16. The molecule has 0 saturated carbocycles. The fraction of sp³-hybridized carbons (Fsp3) is 1.00. The highest BCUT2D eigenvalue weighted by Crippen LogP contribution is 2.38. The summed E-state index contributed by atoms with van der Waals surface area (Å²) in [5, 5.41) is 3.44. The van der Waals surface area contributed by atoms with Gasteiger partial charge in [-0.1, -0.05) is 13.8 Å². The lowest BCUT2D eigenvalue weighted by Gasteiger charge is -2.56. The molecular weight excluding hydrogens is 160 g/mol. The molecule has 13 heavy (non-hydrogen) atoms. The van der Waals surface area contributed by atoms with Gasteiger partial charge in [0.25, 0.3) is 0 Å². The Morgan fingerprint density at radius 2 is 1.54 bits per heavy atom. The van der Waals surface area contributed by atoms with Crippen molar-refractivity contribution in [3.05, 3.63) is 0 Å². The van der Waals surface area contributed by atoms with Gasteiger partial charge in [0, 0.05) is 18.6 Å². The lowest BCUT2D eigenvalue weighted by Crippen LogP contribution is -2.64. The zero-order valence-electron chi connectivity index (χ0n) is 9.19. The van der Waals surface area contributed by atoms with Crippen LogP contribution in [0.3, 0.4) is 0 Å². The van der Waals surface area contributed by atoms with Crippen LogP contribution in [0.15, 0.2) is 0 Å². The average Bonchev–Trinajstić information content (AvgIpc) is 2.01. The molecule has 0 atom stereocenters. The molecule has 0 aromatic rings. The van der Waals surface area contributed by atoms with Gasteiger partial charge in [0.05, 0.1) is 0 Å². The molecule has 0 aromatic heterocycles. The van der Waals surface area contributed by atoms with Crippen molar-refractivity contribution in [1.82, 2.24) is 10.2 Å². The van der Waals surface area contributed by atoms with E-state index in [-0.39, 0.29) is 0 Å². The van der Waals surface area contributed by atoms with E-state index in [4.69, 9.17) is 0 Å². The zero-order chi connectivity index (χ0) is 9.53. The van der Waals surface area contributed by atoms with Gasteiger partial charge in [-0.05, 0) is 38.3 Å². The van der Waals surface area contributed by atoms with Crippen molar-refractivity contribution in [2.45, 2.75) is 39.2 Å². The van der Waals surface area contributed by atoms with Gasteiger partial charge < -0.3 is 5.32 Å². The summed E-state index contributed by atoms with van der Waals surface area (Å²) in [5.74, 6) is 0. The van der Waals surface area contributed by atoms with Gasteiger partial charge in [-0.15, -0.1) is 0 Å². The number of nitrogens with one attached hydrogen (secondary N) is 1. The lowest BCUT2D eigenvalue weighted by molar-refractivity contribution is -0.0648. The summed E-state index contributed by atoms with van der Waals surface area (Å²) in [7, 11) is 0. The Morgan fingerprint density at radius 1 is 1.00 bits per heavy atom. The normalized spacial score (nSPS) is 32.5. The second kappa shape index (κ2) is 2.96. The van der Waals surface area contributed by atoms with Gasteiger partial charge in [0.15, 0.2) is 0 Å². The third kappa shape index (κ3) is 1.75. The molecule has 0 unspecified atom stereocenters. The van der Waals surface area contributed by atoms with Crippen LogP contribution in [0.2, 0.25) is 0 Å². The molecule has 2 rings (SSSR count). The number of hydrogen-bond donors (Lipinski definition) is 1. The molecule has 0 radical (unpaired) electrons. The summed E-state index contributed by atoms with van der Waals surface area (Å²) in [5.41, 5.74) is 1.08. The predicted octanol–water partition coefficient (Wildman–Crippen LogP) is 1.47. The van der Waals surface area contributed by atoms with Crippen LogP contribution < -0.4 is 5.32 Å². The highest BCUT2D eigenvalue weighted by atomic mass is 15.3. The molecule has 0 amide bonds.